The Morgan fingerprint density at radius 3 is 1.78 bits per heavy atom. The molecule has 1 aliphatic heterocycles. The molecule has 4 atom stereocenters. The Morgan fingerprint density at radius 2 is 1.18 bits per heavy atom. The second kappa shape index (κ2) is 28.8. The highest BCUT2D eigenvalue weighted by Crippen LogP contribution is 2.54. The summed E-state index contributed by atoms with van der Waals surface area (Å²) < 4.78 is 33.1. The summed E-state index contributed by atoms with van der Waals surface area (Å²) in [5.74, 6) is -5.18. The van der Waals surface area contributed by atoms with E-state index in [2.05, 4.69) is 26.6 Å². The second-order valence-corrected chi connectivity index (χ2v) is 23.7. The first-order chi connectivity index (χ1) is 39.7. The first-order valence-corrected chi connectivity index (χ1v) is 29.5. The van der Waals surface area contributed by atoms with E-state index in [-0.39, 0.29) is 94.8 Å². The molecule has 7 rings (SSSR count). The molecule has 2 aliphatic rings. The number of rotatable bonds is 28. The van der Waals surface area contributed by atoms with E-state index < -0.39 is 72.9 Å². The van der Waals surface area contributed by atoms with Gasteiger partial charge in [-0.05, 0) is 121 Å². The van der Waals surface area contributed by atoms with Crippen molar-refractivity contribution in [3.05, 3.63) is 173 Å². The minimum atomic E-state index is -4.24. The molecule has 0 saturated carbocycles. The van der Waals surface area contributed by atoms with Gasteiger partial charge in [0, 0.05) is 53.6 Å². The molecular formula is C64H72N5O13P. The summed E-state index contributed by atoms with van der Waals surface area (Å²) in [5, 5.41) is 35.3. The number of nitrogens with one attached hydrogen (secondary N) is 5. The molecule has 0 bridgehead atoms. The Kier molecular flexibility index (Phi) is 21.4. The standard InChI is InChI=1S/C64H72N5O13P/c1-39(2)33-52(66-57(72)25-17-10-18-32-65-59(73)43-26-29-48(64(77)78)51(36-43)58-49-30-27-44(70)37-55(49)80-56-38-45(71)28-31-50(56)58)60(74)68-54(35-42-19-11-7-12-20-42)61(75)67-53(34-40(3)4)62(76)69-63(41(5)6)83(79,81-46-21-13-8-14-22-46)82-47-23-15-9-16-24-47/h7-9,11-16,19-24,26-31,36-41,52-54,63,70H,10,17-18,25,32-35H2,1-6H3,(H,65,73)(H,66,72)(H,67,75)(H,68,74)(H,69,76)(H,77,78)/t52-,53-,54-,63+/m0/s1. The van der Waals surface area contributed by atoms with Crippen LogP contribution in [0, 0.1) is 17.8 Å². The van der Waals surface area contributed by atoms with Gasteiger partial charge in [-0.1, -0.05) is 115 Å². The molecule has 0 fully saturated rings. The first-order valence-electron chi connectivity index (χ1n) is 27.9. The molecule has 7 N–H and O–H groups in total. The molecule has 0 saturated heterocycles. The molecule has 436 valence electrons. The van der Waals surface area contributed by atoms with E-state index in [1.165, 1.54) is 48.5 Å². The minimum absolute atomic E-state index is 0.0448. The highest BCUT2D eigenvalue weighted by Gasteiger charge is 2.44. The summed E-state index contributed by atoms with van der Waals surface area (Å²) in [6.07, 6.45) is 1.97. The SMILES string of the molecule is CC(C)C[C@H](NC(=O)CCCCCNC(=O)c1ccc(C(=O)O)c(-c2c3ccc(=O)cc-3oc3cc(O)ccc23)c1)C(=O)N[C@@H](Cc1ccccc1)C(=O)N[C@@H](CC(C)C)C(=O)N[C@@H](C(C)C)P(=O)(Oc1ccccc1)Oc1ccccc1. The third-order valence-corrected chi connectivity index (χ3v) is 16.0. The summed E-state index contributed by atoms with van der Waals surface area (Å²) in [4.78, 5) is 95.3. The molecule has 5 aromatic rings. The molecule has 0 radical (unpaired) electrons. The van der Waals surface area contributed by atoms with Gasteiger partial charge >= 0.3 is 13.6 Å². The van der Waals surface area contributed by atoms with E-state index in [4.69, 9.17) is 13.5 Å². The summed E-state index contributed by atoms with van der Waals surface area (Å²) in [6, 6.07) is 35.4. The van der Waals surface area contributed by atoms with E-state index in [0.29, 0.717) is 35.8 Å². The van der Waals surface area contributed by atoms with E-state index >= 15 is 0 Å². The van der Waals surface area contributed by atoms with Crippen LogP contribution in [0.3, 0.4) is 0 Å². The molecule has 0 spiro atoms. The normalized spacial score (nSPS) is 13.0. The third kappa shape index (κ3) is 17.1. The van der Waals surface area contributed by atoms with Crippen molar-refractivity contribution in [2.75, 3.05) is 6.54 Å². The summed E-state index contributed by atoms with van der Waals surface area (Å²) in [6.45, 7) is 11.4. The van der Waals surface area contributed by atoms with Crippen molar-refractivity contribution in [3.63, 3.8) is 0 Å². The van der Waals surface area contributed by atoms with E-state index in [0.717, 1.165) is 5.56 Å². The zero-order chi connectivity index (χ0) is 59.8. The molecule has 18 nitrogen and oxygen atoms in total. The van der Waals surface area contributed by atoms with Gasteiger partial charge in [0.25, 0.3) is 5.91 Å². The molecule has 1 aliphatic carbocycles. The first kappa shape index (κ1) is 61.9. The predicted molar refractivity (Wildman–Crippen MR) is 317 cm³/mol. The zero-order valence-corrected chi connectivity index (χ0v) is 48.3. The molecule has 83 heavy (non-hydrogen) atoms. The largest absolute Gasteiger partial charge is 0.508 e. The van der Waals surface area contributed by atoms with Crippen LogP contribution in [-0.4, -0.2) is 76.2 Å². The fourth-order valence-corrected chi connectivity index (χ4v) is 11.8. The van der Waals surface area contributed by atoms with Crippen LogP contribution < -0.4 is 41.1 Å². The lowest BCUT2D eigenvalue weighted by Crippen LogP contribution is -2.58. The van der Waals surface area contributed by atoms with Crippen molar-refractivity contribution < 1.29 is 57.0 Å². The summed E-state index contributed by atoms with van der Waals surface area (Å²) in [5.41, 5.74) is 1.70. The number of phenolic OH excluding ortho intramolecular Hbond substituents is 1. The van der Waals surface area contributed by atoms with Crippen LogP contribution in [0.4, 0.5) is 0 Å². The fraction of sp³-hybridized carbons (Fsp3) is 0.328. The number of aromatic carboxylic acids is 1. The monoisotopic (exact) mass is 1150 g/mol. The number of benzene rings is 6. The number of carbonyl (C=O) groups is 6. The van der Waals surface area contributed by atoms with E-state index in [1.807, 2.05) is 45.9 Å². The molecule has 5 aromatic carbocycles. The van der Waals surface area contributed by atoms with Crippen molar-refractivity contribution in [3.8, 4) is 39.7 Å². The summed E-state index contributed by atoms with van der Waals surface area (Å²) >= 11 is 0. The van der Waals surface area contributed by atoms with Crippen molar-refractivity contribution in [2.24, 2.45) is 17.8 Å². The van der Waals surface area contributed by atoms with Gasteiger partial charge in [-0.15, -0.1) is 0 Å². The average molecular weight is 1150 g/mol. The van der Waals surface area contributed by atoms with E-state index in [1.54, 1.807) is 92.7 Å². The van der Waals surface area contributed by atoms with Gasteiger partial charge in [0.1, 0.15) is 46.7 Å². The maximum absolute atomic E-state index is 15.0. The number of carboxylic acids is 1. The number of hydrogen-bond acceptors (Lipinski definition) is 12. The van der Waals surface area contributed by atoms with Crippen LogP contribution in [0.15, 0.2) is 155 Å². The number of unbranched alkanes of at least 4 members (excludes halogenated alkanes) is 2. The second-order valence-electron chi connectivity index (χ2n) is 21.7. The maximum atomic E-state index is 15.0. The van der Waals surface area contributed by atoms with Crippen molar-refractivity contribution >= 4 is 54.1 Å². The van der Waals surface area contributed by atoms with Crippen molar-refractivity contribution in [2.45, 2.75) is 110 Å². The number of para-hydroxylation sites is 2. The number of amides is 5. The number of aromatic hydroxyl groups is 1. The quantitative estimate of drug-likeness (QED) is 0.0137. The van der Waals surface area contributed by atoms with Crippen molar-refractivity contribution in [1.29, 1.82) is 0 Å². The average Bonchev–Trinajstić information content (AvgIpc) is 3.65. The molecule has 0 unspecified atom stereocenters. The van der Waals surface area contributed by atoms with Crippen molar-refractivity contribution in [1.82, 2.24) is 26.6 Å². The lowest BCUT2D eigenvalue weighted by atomic mass is 9.89. The Balaban J connectivity index is 0.985. The van der Waals surface area contributed by atoms with Gasteiger partial charge < -0.3 is 50.3 Å². The van der Waals surface area contributed by atoms with Crippen LogP contribution in [0.25, 0.3) is 33.4 Å². The molecule has 5 amide bonds. The lowest BCUT2D eigenvalue weighted by Gasteiger charge is -2.32. The zero-order valence-electron chi connectivity index (χ0n) is 47.4. The van der Waals surface area contributed by atoms with Gasteiger partial charge in [0.2, 0.25) is 23.6 Å². The van der Waals surface area contributed by atoms with Gasteiger partial charge in [0.05, 0.1) is 5.56 Å². The Labute approximate surface area is 482 Å². The van der Waals surface area contributed by atoms with Gasteiger partial charge in [0.15, 0.2) is 11.2 Å². The summed E-state index contributed by atoms with van der Waals surface area (Å²) in [7, 11) is -4.24. The van der Waals surface area contributed by atoms with Crippen LogP contribution in [0.1, 0.15) is 106 Å². The number of phenols is 1. The number of hydrogen-bond donors (Lipinski definition) is 7. The van der Waals surface area contributed by atoms with Gasteiger partial charge in [-0.3, -0.25) is 28.8 Å². The Bertz CT molecular complexity index is 3420. The molecule has 1 heterocycles. The van der Waals surface area contributed by atoms with Crippen LogP contribution in [0.5, 0.6) is 17.2 Å². The Hall–Kier alpha value is -8.76. The topological polar surface area (TPSA) is 269 Å². The molecule has 19 heteroatoms. The van der Waals surface area contributed by atoms with Crippen LogP contribution >= 0.6 is 7.60 Å². The van der Waals surface area contributed by atoms with E-state index in [9.17, 15) is 48.3 Å². The van der Waals surface area contributed by atoms with Gasteiger partial charge in [-0.25, -0.2) is 9.36 Å². The lowest BCUT2D eigenvalue weighted by molar-refractivity contribution is -0.134. The van der Waals surface area contributed by atoms with Gasteiger partial charge in [-0.2, -0.15) is 0 Å². The Morgan fingerprint density at radius 1 is 0.602 bits per heavy atom. The number of fused-ring (bicyclic) bond motifs is 2. The number of carbonyl (C=O) groups excluding carboxylic acids is 5. The predicted octanol–water partition coefficient (Wildman–Crippen LogP) is 10.5. The minimum Gasteiger partial charge on any atom is -0.508 e. The molecular weight excluding hydrogens is 1080 g/mol. The van der Waals surface area contributed by atoms with Crippen LogP contribution in [-0.2, 0) is 30.2 Å². The highest BCUT2D eigenvalue weighted by molar-refractivity contribution is 7.55. The maximum Gasteiger partial charge on any atom is 0.453 e. The highest BCUT2D eigenvalue weighted by atomic mass is 31.2. The fourth-order valence-electron chi connectivity index (χ4n) is 9.64. The molecule has 0 aromatic heterocycles. The third-order valence-electron chi connectivity index (χ3n) is 13.7. The number of carboxylic acid groups (broad SMARTS) is 1. The smallest absolute Gasteiger partial charge is 0.453 e. The van der Waals surface area contributed by atoms with Crippen LogP contribution in [0.2, 0.25) is 0 Å².